The fourth-order valence-corrected chi connectivity index (χ4v) is 4.27. The highest BCUT2D eigenvalue weighted by molar-refractivity contribution is 5.93. The van der Waals surface area contributed by atoms with Gasteiger partial charge in [-0.3, -0.25) is 9.59 Å². The molecule has 190 valence electrons. The number of aromatic amines is 1. The molecule has 0 spiro atoms. The van der Waals surface area contributed by atoms with Gasteiger partial charge >= 0.3 is 5.97 Å². The van der Waals surface area contributed by atoms with Gasteiger partial charge in [-0.1, -0.05) is 12.1 Å². The molecule has 3 heterocycles. The highest BCUT2D eigenvalue weighted by atomic mass is 19.1. The molecule has 2 aromatic heterocycles. The number of esters is 1. The number of aromatic nitrogens is 2. The number of amides is 1. The van der Waals surface area contributed by atoms with Crippen LogP contribution in [0.3, 0.4) is 0 Å². The molecule has 9 heteroatoms. The minimum Gasteiger partial charge on any atom is -0.494 e. The van der Waals surface area contributed by atoms with Crippen LogP contribution in [0.4, 0.5) is 10.2 Å². The summed E-state index contributed by atoms with van der Waals surface area (Å²) in [4.78, 5) is 32.9. The number of pyridine rings is 1. The lowest BCUT2D eigenvalue weighted by atomic mass is 10.0. The number of carbonyl (C=O) groups is 2. The Morgan fingerprint density at radius 3 is 2.83 bits per heavy atom. The number of hydrogen-bond donors (Lipinski definition) is 3. The fraction of sp³-hybridized carbons (Fsp3) is 0.370. The number of methoxy groups -OCH3 is 1. The molecule has 0 saturated carbocycles. The van der Waals surface area contributed by atoms with Crippen LogP contribution in [0.1, 0.15) is 58.7 Å². The van der Waals surface area contributed by atoms with Gasteiger partial charge in [0.1, 0.15) is 11.5 Å². The number of rotatable bonds is 10. The number of H-pyrrole nitrogens is 1. The molecule has 1 atom stereocenters. The molecule has 0 radical (unpaired) electrons. The minimum atomic E-state index is -0.768. The topological polar surface area (TPSA) is 105 Å². The van der Waals surface area contributed by atoms with Crippen LogP contribution in [0.15, 0.2) is 42.6 Å². The van der Waals surface area contributed by atoms with Crippen molar-refractivity contribution in [3.05, 3.63) is 76.5 Å². The van der Waals surface area contributed by atoms with Crippen LogP contribution in [0.2, 0.25) is 0 Å². The van der Waals surface area contributed by atoms with Crippen molar-refractivity contribution < 1.29 is 23.5 Å². The third kappa shape index (κ3) is 6.21. The molecule has 1 aliphatic rings. The van der Waals surface area contributed by atoms with E-state index in [1.807, 2.05) is 0 Å². The first kappa shape index (κ1) is 25.2. The number of nitrogens with zero attached hydrogens (tertiary/aromatic N) is 1. The Morgan fingerprint density at radius 2 is 2.06 bits per heavy atom. The third-order valence-corrected chi connectivity index (χ3v) is 6.17. The lowest BCUT2D eigenvalue weighted by molar-refractivity contribution is -0.143. The van der Waals surface area contributed by atoms with Crippen LogP contribution in [-0.4, -0.2) is 42.1 Å². The maximum Gasteiger partial charge on any atom is 0.308 e. The highest BCUT2D eigenvalue weighted by Crippen LogP contribution is 2.25. The SMILES string of the molecule is CCOC(=O)C[C@H](NC(=O)c1cc(CCc2ccc3c(n2)NCCC3)c[nH]1)c1ccc(OC)c(F)c1. The van der Waals surface area contributed by atoms with E-state index >= 15 is 0 Å². The van der Waals surface area contributed by atoms with Gasteiger partial charge in [0, 0.05) is 18.4 Å². The van der Waals surface area contributed by atoms with Gasteiger partial charge in [-0.25, -0.2) is 9.37 Å². The smallest absolute Gasteiger partial charge is 0.308 e. The van der Waals surface area contributed by atoms with E-state index in [0.717, 1.165) is 42.9 Å². The summed E-state index contributed by atoms with van der Waals surface area (Å²) in [6.07, 6.45) is 5.29. The van der Waals surface area contributed by atoms with Crippen LogP contribution in [-0.2, 0) is 28.8 Å². The number of carbonyl (C=O) groups excluding carboxylic acids is 2. The molecule has 0 saturated heterocycles. The molecule has 1 aliphatic heterocycles. The van der Waals surface area contributed by atoms with E-state index in [2.05, 4.69) is 27.8 Å². The molecule has 36 heavy (non-hydrogen) atoms. The average Bonchev–Trinajstić information content (AvgIpc) is 3.36. The number of benzene rings is 1. The fourth-order valence-electron chi connectivity index (χ4n) is 4.27. The summed E-state index contributed by atoms with van der Waals surface area (Å²) >= 11 is 0. The van der Waals surface area contributed by atoms with E-state index in [0.29, 0.717) is 17.7 Å². The van der Waals surface area contributed by atoms with E-state index in [4.69, 9.17) is 14.5 Å². The van der Waals surface area contributed by atoms with E-state index in [1.165, 1.54) is 24.8 Å². The third-order valence-electron chi connectivity index (χ3n) is 6.17. The van der Waals surface area contributed by atoms with Crippen LogP contribution in [0.25, 0.3) is 0 Å². The zero-order valence-corrected chi connectivity index (χ0v) is 20.5. The molecule has 4 rings (SSSR count). The van der Waals surface area contributed by atoms with Crippen molar-refractivity contribution in [1.29, 1.82) is 0 Å². The second-order valence-corrected chi connectivity index (χ2v) is 8.69. The van der Waals surface area contributed by atoms with Gasteiger partial charge < -0.3 is 25.1 Å². The number of halogens is 1. The monoisotopic (exact) mass is 494 g/mol. The molecule has 0 unspecified atom stereocenters. The lowest BCUT2D eigenvalue weighted by Gasteiger charge is -2.19. The first-order valence-electron chi connectivity index (χ1n) is 12.2. The van der Waals surface area contributed by atoms with Gasteiger partial charge in [-0.15, -0.1) is 0 Å². The summed E-state index contributed by atoms with van der Waals surface area (Å²) in [5, 5.41) is 6.18. The molecule has 0 aliphatic carbocycles. The summed E-state index contributed by atoms with van der Waals surface area (Å²) in [5.74, 6) is -0.416. The normalized spacial score (nSPS) is 13.3. The first-order valence-corrected chi connectivity index (χ1v) is 12.2. The Bertz CT molecular complexity index is 1230. The van der Waals surface area contributed by atoms with Crippen LogP contribution in [0.5, 0.6) is 5.75 Å². The van der Waals surface area contributed by atoms with E-state index in [9.17, 15) is 14.0 Å². The van der Waals surface area contributed by atoms with Gasteiger partial charge in [0.05, 0.1) is 26.2 Å². The van der Waals surface area contributed by atoms with Gasteiger partial charge in [0.25, 0.3) is 5.91 Å². The number of fused-ring (bicyclic) bond motifs is 1. The van der Waals surface area contributed by atoms with Crippen LogP contribution >= 0.6 is 0 Å². The Kier molecular flexibility index (Phi) is 8.20. The Balaban J connectivity index is 1.42. The number of ether oxygens (including phenoxy) is 2. The standard InChI is InChI=1S/C27H31FN4O4/c1-3-36-25(33)15-22(19-8-11-24(35-2)21(28)14-19)32-27(34)23-13-17(16-30-23)6-9-20-10-7-18-5-4-12-29-26(18)31-20/h7-8,10-11,13-14,16,22,30H,3-6,9,12,15H2,1-2H3,(H,29,31)(H,32,34)/t22-/m0/s1. The molecule has 1 amide bonds. The molecule has 3 N–H and O–H groups in total. The number of nitrogens with one attached hydrogen (secondary N) is 3. The average molecular weight is 495 g/mol. The van der Waals surface area contributed by atoms with E-state index < -0.39 is 23.7 Å². The molecule has 8 nitrogen and oxygen atoms in total. The molecule has 0 fully saturated rings. The van der Waals surface area contributed by atoms with Crippen LogP contribution in [0, 0.1) is 5.82 Å². The molecule has 0 bridgehead atoms. The second kappa shape index (κ2) is 11.7. The molecule has 3 aromatic rings. The number of anilines is 1. The highest BCUT2D eigenvalue weighted by Gasteiger charge is 2.22. The molecular weight excluding hydrogens is 463 g/mol. The molecular formula is C27H31FN4O4. The largest absolute Gasteiger partial charge is 0.494 e. The van der Waals surface area contributed by atoms with Gasteiger partial charge in [0.2, 0.25) is 0 Å². The van der Waals surface area contributed by atoms with Crippen molar-refractivity contribution in [2.75, 3.05) is 25.6 Å². The minimum absolute atomic E-state index is 0.0816. The maximum absolute atomic E-state index is 14.3. The maximum atomic E-state index is 14.3. The van der Waals surface area contributed by atoms with Gasteiger partial charge in [-0.2, -0.15) is 0 Å². The van der Waals surface area contributed by atoms with Crippen molar-refractivity contribution in [1.82, 2.24) is 15.3 Å². The van der Waals surface area contributed by atoms with Gasteiger partial charge in [0.15, 0.2) is 11.6 Å². The summed E-state index contributed by atoms with van der Waals surface area (Å²) in [7, 11) is 1.37. The Hall–Kier alpha value is -3.88. The van der Waals surface area contributed by atoms with Crippen molar-refractivity contribution in [3.63, 3.8) is 0 Å². The summed E-state index contributed by atoms with van der Waals surface area (Å²) in [6, 6.07) is 9.53. The number of hydrogen-bond acceptors (Lipinski definition) is 6. The zero-order valence-electron chi connectivity index (χ0n) is 20.5. The summed E-state index contributed by atoms with van der Waals surface area (Å²) < 4.78 is 24.3. The lowest BCUT2D eigenvalue weighted by Crippen LogP contribution is -2.31. The second-order valence-electron chi connectivity index (χ2n) is 8.69. The zero-order chi connectivity index (χ0) is 25.5. The molecule has 1 aromatic carbocycles. The first-order chi connectivity index (χ1) is 17.5. The quantitative estimate of drug-likeness (QED) is 0.366. The van der Waals surface area contributed by atoms with Crippen molar-refractivity contribution in [3.8, 4) is 5.75 Å². The Morgan fingerprint density at radius 1 is 1.19 bits per heavy atom. The predicted octanol–water partition coefficient (Wildman–Crippen LogP) is 4.13. The van der Waals surface area contributed by atoms with E-state index in [1.54, 1.807) is 25.3 Å². The number of aryl methyl sites for hydroxylation is 3. The summed E-state index contributed by atoms with van der Waals surface area (Å²) in [6.45, 7) is 2.86. The predicted molar refractivity (Wildman–Crippen MR) is 134 cm³/mol. The Labute approximate surface area is 209 Å². The van der Waals surface area contributed by atoms with Crippen LogP contribution < -0.4 is 15.4 Å². The van der Waals surface area contributed by atoms with Crippen molar-refractivity contribution in [2.24, 2.45) is 0 Å². The van der Waals surface area contributed by atoms with E-state index in [-0.39, 0.29) is 18.8 Å². The van der Waals surface area contributed by atoms with Crippen molar-refractivity contribution >= 4 is 17.7 Å². The summed E-state index contributed by atoms with van der Waals surface area (Å²) in [5.41, 5.74) is 4.00. The van der Waals surface area contributed by atoms with Crippen molar-refractivity contribution in [2.45, 2.75) is 45.1 Å². The van der Waals surface area contributed by atoms with Gasteiger partial charge in [-0.05, 0) is 73.6 Å².